The molecule has 3 rings (SSSR count). The Morgan fingerprint density at radius 3 is 3.00 bits per heavy atom. The summed E-state index contributed by atoms with van der Waals surface area (Å²) in [5.41, 5.74) is 0.771. The van der Waals surface area contributed by atoms with Gasteiger partial charge in [0.25, 0.3) is 0 Å². The monoisotopic (exact) mass is 305 g/mol. The Balaban J connectivity index is 1.67. The van der Waals surface area contributed by atoms with Gasteiger partial charge in [-0.25, -0.2) is 0 Å². The van der Waals surface area contributed by atoms with E-state index in [1.807, 2.05) is 11.0 Å². The zero-order valence-electron chi connectivity index (χ0n) is 12.0. The molecule has 116 valence electrons. The van der Waals surface area contributed by atoms with Crippen molar-refractivity contribution in [3.63, 3.8) is 0 Å². The van der Waals surface area contributed by atoms with Gasteiger partial charge in [-0.05, 0) is 25.2 Å². The Morgan fingerprint density at radius 2 is 2.18 bits per heavy atom. The van der Waals surface area contributed by atoms with Gasteiger partial charge >= 0.3 is 5.97 Å². The molecule has 1 aromatic heterocycles. The van der Waals surface area contributed by atoms with Gasteiger partial charge in [0.15, 0.2) is 11.5 Å². The molecule has 0 spiro atoms. The van der Waals surface area contributed by atoms with Crippen LogP contribution in [0.2, 0.25) is 0 Å². The maximum atomic E-state index is 10.5. The van der Waals surface area contributed by atoms with Crippen LogP contribution in [0.1, 0.15) is 12.3 Å². The highest BCUT2D eigenvalue weighted by Crippen LogP contribution is 2.35. The molecule has 0 saturated carbocycles. The number of ether oxygens (including phenoxy) is 2. The van der Waals surface area contributed by atoms with E-state index in [-0.39, 0.29) is 13.2 Å². The van der Waals surface area contributed by atoms with Gasteiger partial charge in [-0.3, -0.25) is 9.69 Å². The van der Waals surface area contributed by atoms with E-state index in [9.17, 15) is 4.79 Å². The van der Waals surface area contributed by atoms with Crippen molar-refractivity contribution >= 4 is 5.97 Å². The van der Waals surface area contributed by atoms with E-state index in [2.05, 4.69) is 10.1 Å². The normalized spacial score (nSPS) is 12.8. The molecule has 1 aliphatic heterocycles. The number of hydrogen-bond acceptors (Lipinski definition) is 7. The van der Waals surface area contributed by atoms with E-state index in [1.165, 1.54) is 0 Å². The topological polar surface area (TPSA) is 97.9 Å². The molecule has 0 saturated heterocycles. The number of aromatic nitrogens is 2. The number of carboxylic acid groups (broad SMARTS) is 1. The highest BCUT2D eigenvalue weighted by atomic mass is 16.7. The molecule has 8 heteroatoms. The van der Waals surface area contributed by atoms with Crippen LogP contribution in [-0.2, 0) is 11.3 Å². The van der Waals surface area contributed by atoms with Crippen molar-refractivity contribution in [3.8, 4) is 22.9 Å². The van der Waals surface area contributed by atoms with E-state index >= 15 is 0 Å². The number of hydrogen-bond donors (Lipinski definition) is 1. The van der Waals surface area contributed by atoms with Crippen molar-refractivity contribution in [2.24, 2.45) is 0 Å². The van der Waals surface area contributed by atoms with E-state index in [1.54, 1.807) is 19.2 Å². The Bertz CT molecular complexity index is 685. The minimum Gasteiger partial charge on any atom is -0.481 e. The lowest BCUT2D eigenvalue weighted by Gasteiger charge is -2.11. The number of carboxylic acids is 1. The van der Waals surface area contributed by atoms with E-state index in [4.69, 9.17) is 19.1 Å². The quantitative estimate of drug-likeness (QED) is 0.854. The molecule has 1 aromatic carbocycles. The molecule has 0 amide bonds. The number of nitrogens with zero attached hydrogens (tertiary/aromatic N) is 3. The van der Waals surface area contributed by atoms with Crippen molar-refractivity contribution in [3.05, 3.63) is 24.1 Å². The lowest BCUT2D eigenvalue weighted by Crippen LogP contribution is -2.21. The zero-order chi connectivity index (χ0) is 15.5. The average Bonchev–Trinajstić information content (AvgIpc) is 3.12. The van der Waals surface area contributed by atoms with Gasteiger partial charge in [-0.15, -0.1) is 0 Å². The van der Waals surface area contributed by atoms with Crippen molar-refractivity contribution < 1.29 is 23.9 Å². The third kappa shape index (κ3) is 3.17. The summed E-state index contributed by atoms with van der Waals surface area (Å²) in [6.07, 6.45) is 0.0691. The Labute approximate surface area is 126 Å². The zero-order valence-corrected chi connectivity index (χ0v) is 12.0. The summed E-state index contributed by atoms with van der Waals surface area (Å²) in [6, 6.07) is 5.42. The second-order valence-corrected chi connectivity index (χ2v) is 4.96. The van der Waals surface area contributed by atoms with Gasteiger partial charge in [-0.2, -0.15) is 4.98 Å². The minimum atomic E-state index is -0.835. The molecular formula is C14H15N3O5. The number of benzene rings is 1. The van der Waals surface area contributed by atoms with E-state index in [0.29, 0.717) is 36.3 Å². The van der Waals surface area contributed by atoms with E-state index < -0.39 is 5.97 Å². The van der Waals surface area contributed by atoms with Gasteiger partial charge in [0.1, 0.15) is 0 Å². The lowest BCUT2D eigenvalue weighted by atomic mass is 10.2. The summed E-state index contributed by atoms with van der Waals surface area (Å²) in [7, 11) is 1.80. The number of aliphatic carboxylic acids is 1. The van der Waals surface area contributed by atoms with Crippen molar-refractivity contribution in [2.75, 3.05) is 20.4 Å². The van der Waals surface area contributed by atoms with Crippen molar-refractivity contribution in [1.29, 1.82) is 0 Å². The molecule has 2 aromatic rings. The Hall–Kier alpha value is -2.61. The molecule has 0 bridgehead atoms. The minimum absolute atomic E-state index is 0.0691. The lowest BCUT2D eigenvalue weighted by molar-refractivity contribution is -0.137. The van der Waals surface area contributed by atoms with Crippen molar-refractivity contribution in [2.45, 2.75) is 13.0 Å². The molecule has 0 unspecified atom stereocenters. The van der Waals surface area contributed by atoms with Crippen LogP contribution in [0, 0.1) is 0 Å². The smallest absolute Gasteiger partial charge is 0.304 e. The second-order valence-electron chi connectivity index (χ2n) is 4.96. The summed E-state index contributed by atoms with van der Waals surface area (Å²) in [4.78, 5) is 16.7. The molecule has 1 aliphatic rings. The highest BCUT2D eigenvalue weighted by Gasteiger charge is 2.17. The fourth-order valence-electron chi connectivity index (χ4n) is 2.07. The van der Waals surface area contributed by atoms with Gasteiger partial charge in [0.2, 0.25) is 18.5 Å². The first-order chi connectivity index (χ1) is 10.6. The van der Waals surface area contributed by atoms with Gasteiger partial charge in [0.05, 0.1) is 13.0 Å². The standard InChI is InChI=1S/C14H15N3O5/c1-17(5-4-13(18)19)7-12-15-14(16-22-12)9-2-3-10-11(6-9)21-8-20-10/h2-3,6H,4-5,7-8H2,1H3,(H,18,19). The summed E-state index contributed by atoms with van der Waals surface area (Å²) >= 11 is 0. The summed E-state index contributed by atoms with van der Waals surface area (Å²) in [6.45, 7) is 1.02. The SMILES string of the molecule is CN(CCC(=O)O)Cc1nc(-c2ccc3c(c2)OCO3)no1. The van der Waals surface area contributed by atoms with Crippen molar-refractivity contribution in [1.82, 2.24) is 15.0 Å². The fraction of sp³-hybridized carbons (Fsp3) is 0.357. The predicted molar refractivity (Wildman–Crippen MR) is 74.4 cm³/mol. The fourth-order valence-corrected chi connectivity index (χ4v) is 2.07. The van der Waals surface area contributed by atoms with Crippen LogP contribution in [0.25, 0.3) is 11.4 Å². The van der Waals surface area contributed by atoms with Crippen LogP contribution < -0.4 is 9.47 Å². The number of rotatable bonds is 6. The third-order valence-corrected chi connectivity index (χ3v) is 3.21. The Morgan fingerprint density at radius 1 is 1.36 bits per heavy atom. The molecule has 1 N–H and O–H groups in total. The van der Waals surface area contributed by atoms with Crippen LogP contribution in [0.5, 0.6) is 11.5 Å². The molecule has 22 heavy (non-hydrogen) atoms. The molecule has 8 nitrogen and oxygen atoms in total. The molecule has 0 radical (unpaired) electrons. The molecule has 2 heterocycles. The maximum absolute atomic E-state index is 10.5. The molecule has 0 aliphatic carbocycles. The first kappa shape index (κ1) is 14.3. The number of fused-ring (bicyclic) bond motifs is 1. The summed E-state index contributed by atoms with van der Waals surface area (Å²) in [5.74, 6) is 1.40. The molecular weight excluding hydrogens is 290 g/mol. The molecule has 0 fully saturated rings. The first-order valence-corrected chi connectivity index (χ1v) is 6.75. The van der Waals surface area contributed by atoms with E-state index in [0.717, 1.165) is 5.56 Å². The van der Waals surface area contributed by atoms with Gasteiger partial charge < -0.3 is 19.1 Å². The number of carbonyl (C=O) groups is 1. The maximum Gasteiger partial charge on any atom is 0.304 e. The van der Waals surface area contributed by atoms with Gasteiger partial charge in [0, 0.05) is 12.1 Å². The largest absolute Gasteiger partial charge is 0.481 e. The van der Waals surface area contributed by atoms with Crippen LogP contribution in [0.15, 0.2) is 22.7 Å². The van der Waals surface area contributed by atoms with Crippen LogP contribution in [0.3, 0.4) is 0 Å². The van der Waals surface area contributed by atoms with Crippen LogP contribution in [0.4, 0.5) is 0 Å². The van der Waals surface area contributed by atoms with Crippen LogP contribution >= 0.6 is 0 Å². The molecule has 0 atom stereocenters. The average molecular weight is 305 g/mol. The summed E-state index contributed by atoms with van der Waals surface area (Å²) < 4.78 is 15.8. The van der Waals surface area contributed by atoms with Gasteiger partial charge in [-0.1, -0.05) is 5.16 Å². The van der Waals surface area contributed by atoms with Crippen LogP contribution in [-0.4, -0.2) is 46.5 Å². The Kier molecular flexibility index (Phi) is 3.92. The third-order valence-electron chi connectivity index (χ3n) is 3.21. The highest BCUT2D eigenvalue weighted by molar-refractivity contribution is 5.66. The first-order valence-electron chi connectivity index (χ1n) is 6.75. The second kappa shape index (κ2) is 6.02. The summed E-state index contributed by atoms with van der Waals surface area (Å²) in [5, 5.41) is 12.6. The predicted octanol–water partition coefficient (Wildman–Crippen LogP) is 1.37.